The second-order valence-electron chi connectivity index (χ2n) is 7.02. The number of aromatic nitrogens is 2. The monoisotopic (exact) mass is 303 g/mol. The highest BCUT2D eigenvalue weighted by Crippen LogP contribution is 2.36. The molecule has 2 heterocycles. The number of likely N-dealkylation sites (N-methyl/N-ethyl adjacent to an activating group) is 1. The molecule has 22 heavy (non-hydrogen) atoms. The van der Waals surface area contributed by atoms with E-state index in [0.717, 1.165) is 23.8 Å². The Morgan fingerprint density at radius 2 is 1.82 bits per heavy atom. The number of aryl methyl sites for hydroxylation is 2. The summed E-state index contributed by atoms with van der Waals surface area (Å²) in [6.45, 7) is 9.79. The van der Waals surface area contributed by atoms with E-state index in [1.807, 2.05) is 20.0 Å². The summed E-state index contributed by atoms with van der Waals surface area (Å²) in [6.07, 6.45) is 7.16. The number of piperazine rings is 1. The largest absolute Gasteiger partial charge is 0.367 e. The Labute approximate surface area is 134 Å². The van der Waals surface area contributed by atoms with Crippen molar-refractivity contribution in [2.45, 2.75) is 45.1 Å². The highest BCUT2D eigenvalue weighted by molar-refractivity contribution is 5.40. The van der Waals surface area contributed by atoms with Gasteiger partial charge in [0.2, 0.25) is 0 Å². The second kappa shape index (κ2) is 6.50. The van der Waals surface area contributed by atoms with Gasteiger partial charge in [-0.2, -0.15) is 0 Å². The van der Waals surface area contributed by atoms with Crippen molar-refractivity contribution in [1.29, 1.82) is 0 Å². The van der Waals surface area contributed by atoms with Crippen LogP contribution in [0.1, 0.15) is 37.1 Å². The van der Waals surface area contributed by atoms with Crippen molar-refractivity contribution in [1.82, 2.24) is 19.8 Å². The van der Waals surface area contributed by atoms with Crippen molar-refractivity contribution in [3.8, 4) is 0 Å². The second-order valence-corrected chi connectivity index (χ2v) is 7.02. The van der Waals surface area contributed by atoms with E-state index in [4.69, 9.17) is 0 Å². The number of hydrogen-bond acceptors (Lipinski definition) is 5. The smallest absolute Gasteiger partial charge is 0.147 e. The van der Waals surface area contributed by atoms with Gasteiger partial charge in [-0.3, -0.25) is 9.88 Å². The Bertz CT molecular complexity index is 502. The zero-order chi connectivity index (χ0) is 15.6. The van der Waals surface area contributed by atoms with Crippen LogP contribution in [-0.4, -0.2) is 65.1 Å². The Morgan fingerprint density at radius 3 is 2.50 bits per heavy atom. The van der Waals surface area contributed by atoms with E-state index in [1.165, 1.54) is 51.9 Å². The van der Waals surface area contributed by atoms with Gasteiger partial charge in [0.1, 0.15) is 5.82 Å². The van der Waals surface area contributed by atoms with Gasteiger partial charge >= 0.3 is 0 Å². The van der Waals surface area contributed by atoms with Gasteiger partial charge in [-0.15, -0.1) is 0 Å². The molecule has 0 aromatic carbocycles. The van der Waals surface area contributed by atoms with Gasteiger partial charge in [-0.05, 0) is 33.7 Å². The molecule has 5 nitrogen and oxygen atoms in total. The number of nitrogens with one attached hydrogen (secondary N) is 1. The normalized spacial score (nSPS) is 22.9. The molecular weight excluding hydrogens is 274 g/mol. The van der Waals surface area contributed by atoms with Crippen LogP contribution in [0, 0.1) is 13.8 Å². The van der Waals surface area contributed by atoms with Crippen molar-refractivity contribution in [3.63, 3.8) is 0 Å². The minimum absolute atomic E-state index is 0.319. The molecule has 0 radical (unpaired) electrons. The molecule has 0 bridgehead atoms. The Hall–Kier alpha value is -1.20. The molecule has 1 saturated carbocycles. The molecule has 1 N–H and O–H groups in total. The molecule has 2 fully saturated rings. The molecule has 0 amide bonds. The predicted molar refractivity (Wildman–Crippen MR) is 90.3 cm³/mol. The van der Waals surface area contributed by atoms with Crippen LogP contribution >= 0.6 is 0 Å². The summed E-state index contributed by atoms with van der Waals surface area (Å²) in [6, 6.07) is 0. The van der Waals surface area contributed by atoms with Gasteiger partial charge in [-0.1, -0.05) is 12.8 Å². The summed E-state index contributed by atoms with van der Waals surface area (Å²) >= 11 is 0. The van der Waals surface area contributed by atoms with Crippen LogP contribution in [0.15, 0.2) is 6.20 Å². The van der Waals surface area contributed by atoms with Crippen LogP contribution < -0.4 is 5.32 Å². The number of nitrogens with zero attached hydrogens (tertiary/aromatic N) is 4. The van der Waals surface area contributed by atoms with Gasteiger partial charge in [0.15, 0.2) is 0 Å². The lowest BCUT2D eigenvalue weighted by Crippen LogP contribution is -2.58. The van der Waals surface area contributed by atoms with E-state index in [1.54, 1.807) is 0 Å². The van der Waals surface area contributed by atoms with Crippen molar-refractivity contribution < 1.29 is 0 Å². The summed E-state index contributed by atoms with van der Waals surface area (Å²) in [5.41, 5.74) is 2.30. The van der Waals surface area contributed by atoms with Crippen LogP contribution in [0.4, 0.5) is 5.82 Å². The molecule has 1 aliphatic heterocycles. The first-order valence-electron chi connectivity index (χ1n) is 8.57. The molecule has 2 aliphatic rings. The molecule has 0 unspecified atom stereocenters. The summed E-state index contributed by atoms with van der Waals surface area (Å²) in [5.74, 6) is 0.959. The van der Waals surface area contributed by atoms with Gasteiger partial charge in [0.05, 0.1) is 11.4 Å². The quantitative estimate of drug-likeness (QED) is 0.922. The maximum atomic E-state index is 4.62. The maximum absolute atomic E-state index is 4.62. The standard InChI is InChI=1S/C17H29N5/c1-14-12-18-15(2)16(20-14)19-13-17(6-4-5-7-17)22-10-8-21(3)9-11-22/h12H,4-11,13H2,1-3H3,(H,19,20). The van der Waals surface area contributed by atoms with Crippen LogP contribution in [0.2, 0.25) is 0 Å². The Kier molecular flexibility index (Phi) is 4.64. The number of anilines is 1. The molecule has 122 valence electrons. The van der Waals surface area contributed by atoms with Crippen molar-refractivity contribution >= 4 is 5.82 Å². The summed E-state index contributed by atoms with van der Waals surface area (Å²) in [7, 11) is 2.22. The summed E-state index contributed by atoms with van der Waals surface area (Å²) in [5, 5.41) is 3.62. The van der Waals surface area contributed by atoms with Crippen LogP contribution in [0.25, 0.3) is 0 Å². The summed E-state index contributed by atoms with van der Waals surface area (Å²) in [4.78, 5) is 14.2. The van der Waals surface area contributed by atoms with E-state index in [-0.39, 0.29) is 0 Å². The molecule has 1 aliphatic carbocycles. The van der Waals surface area contributed by atoms with E-state index >= 15 is 0 Å². The first-order valence-corrected chi connectivity index (χ1v) is 8.57. The van der Waals surface area contributed by atoms with Crippen LogP contribution in [0.3, 0.4) is 0 Å². The summed E-state index contributed by atoms with van der Waals surface area (Å²) < 4.78 is 0. The highest BCUT2D eigenvalue weighted by Gasteiger charge is 2.40. The van der Waals surface area contributed by atoms with Crippen LogP contribution in [0.5, 0.6) is 0 Å². The van der Waals surface area contributed by atoms with Crippen molar-refractivity contribution in [2.75, 3.05) is 45.1 Å². The molecule has 0 atom stereocenters. The number of rotatable bonds is 4. The Balaban J connectivity index is 1.70. The average Bonchev–Trinajstić information content (AvgIpc) is 2.99. The average molecular weight is 303 g/mol. The third-order valence-corrected chi connectivity index (χ3v) is 5.37. The first kappa shape index (κ1) is 15.7. The van der Waals surface area contributed by atoms with E-state index in [9.17, 15) is 0 Å². The van der Waals surface area contributed by atoms with Crippen molar-refractivity contribution in [3.05, 3.63) is 17.6 Å². The first-order chi connectivity index (χ1) is 10.6. The SMILES string of the molecule is Cc1cnc(C)c(NCC2(N3CCN(C)CC3)CCCC2)n1. The fourth-order valence-electron chi connectivity index (χ4n) is 3.87. The molecule has 1 aromatic heterocycles. The third-order valence-electron chi connectivity index (χ3n) is 5.37. The lowest BCUT2D eigenvalue weighted by Gasteiger charge is -2.45. The zero-order valence-electron chi connectivity index (χ0n) is 14.2. The van der Waals surface area contributed by atoms with Crippen LogP contribution in [-0.2, 0) is 0 Å². The Morgan fingerprint density at radius 1 is 1.14 bits per heavy atom. The highest BCUT2D eigenvalue weighted by atomic mass is 15.3. The number of hydrogen-bond donors (Lipinski definition) is 1. The maximum Gasteiger partial charge on any atom is 0.147 e. The fraction of sp³-hybridized carbons (Fsp3) is 0.765. The molecule has 1 aromatic rings. The van der Waals surface area contributed by atoms with E-state index in [0.29, 0.717) is 5.54 Å². The predicted octanol–water partition coefficient (Wildman–Crippen LogP) is 2.07. The lowest BCUT2D eigenvalue weighted by molar-refractivity contribution is 0.0510. The lowest BCUT2D eigenvalue weighted by atomic mass is 9.93. The fourth-order valence-corrected chi connectivity index (χ4v) is 3.87. The van der Waals surface area contributed by atoms with Crippen molar-refractivity contribution in [2.24, 2.45) is 0 Å². The minimum atomic E-state index is 0.319. The van der Waals surface area contributed by atoms with Gasteiger partial charge in [0, 0.05) is 44.5 Å². The molecular formula is C17H29N5. The van der Waals surface area contributed by atoms with E-state index in [2.05, 4.69) is 32.1 Å². The van der Waals surface area contributed by atoms with E-state index < -0.39 is 0 Å². The topological polar surface area (TPSA) is 44.3 Å². The molecule has 3 rings (SSSR count). The van der Waals surface area contributed by atoms with Gasteiger partial charge in [0.25, 0.3) is 0 Å². The van der Waals surface area contributed by atoms with Gasteiger partial charge in [-0.25, -0.2) is 4.98 Å². The molecule has 0 spiro atoms. The minimum Gasteiger partial charge on any atom is -0.367 e. The zero-order valence-corrected chi connectivity index (χ0v) is 14.2. The molecule has 5 heteroatoms. The third kappa shape index (κ3) is 3.25. The molecule has 1 saturated heterocycles. The van der Waals surface area contributed by atoms with Gasteiger partial charge < -0.3 is 10.2 Å².